The van der Waals surface area contributed by atoms with Gasteiger partial charge in [-0.2, -0.15) is 0 Å². The number of hydrogen-bond acceptors (Lipinski definition) is 2. The first-order valence-corrected chi connectivity index (χ1v) is 8.21. The van der Waals surface area contributed by atoms with E-state index in [1.54, 1.807) is 12.1 Å². The Morgan fingerprint density at radius 3 is 1.84 bits per heavy atom. The van der Waals surface area contributed by atoms with Crippen molar-refractivity contribution in [3.05, 3.63) is 90.5 Å². The van der Waals surface area contributed by atoms with E-state index in [0.717, 1.165) is 11.4 Å². The van der Waals surface area contributed by atoms with Crippen LogP contribution in [0.1, 0.15) is 10.4 Å². The van der Waals surface area contributed by atoms with E-state index in [4.69, 9.17) is 12.2 Å². The minimum Gasteiger partial charge on any atom is -0.332 e. The van der Waals surface area contributed by atoms with Gasteiger partial charge in [-0.15, -0.1) is 0 Å². The quantitative estimate of drug-likeness (QED) is 0.596. The number of hydrogen-bond donors (Lipinski definition) is 3. The molecule has 0 heterocycles. The van der Waals surface area contributed by atoms with Crippen LogP contribution in [0.15, 0.2) is 84.9 Å². The molecule has 1 amide bonds. The minimum atomic E-state index is -0.150. The molecule has 0 aliphatic carbocycles. The number of nitrogens with one attached hydrogen (secondary N) is 3. The Morgan fingerprint density at radius 2 is 1.16 bits per heavy atom. The summed E-state index contributed by atoms with van der Waals surface area (Å²) in [5, 5.41) is 9.59. The third-order valence-electron chi connectivity index (χ3n) is 3.45. The molecular formula is C20H17N3OS. The van der Waals surface area contributed by atoms with Gasteiger partial charge in [0.25, 0.3) is 5.91 Å². The topological polar surface area (TPSA) is 53.2 Å². The number of anilines is 3. The SMILES string of the molecule is O=C(Nc1cccc(NC(=S)Nc2ccccc2)c1)c1ccccc1. The number of benzene rings is 3. The molecule has 3 rings (SSSR count). The average molecular weight is 347 g/mol. The zero-order valence-electron chi connectivity index (χ0n) is 13.4. The van der Waals surface area contributed by atoms with Gasteiger partial charge in [-0.05, 0) is 54.7 Å². The van der Waals surface area contributed by atoms with Crippen LogP contribution in [0.2, 0.25) is 0 Å². The summed E-state index contributed by atoms with van der Waals surface area (Å²) in [4.78, 5) is 12.2. The smallest absolute Gasteiger partial charge is 0.255 e. The molecule has 25 heavy (non-hydrogen) atoms. The summed E-state index contributed by atoms with van der Waals surface area (Å²) in [5.41, 5.74) is 3.01. The van der Waals surface area contributed by atoms with Gasteiger partial charge in [0.1, 0.15) is 0 Å². The molecule has 4 nitrogen and oxygen atoms in total. The second-order valence-electron chi connectivity index (χ2n) is 5.35. The minimum absolute atomic E-state index is 0.150. The predicted octanol–water partition coefficient (Wildman–Crippen LogP) is 4.75. The van der Waals surface area contributed by atoms with E-state index in [2.05, 4.69) is 16.0 Å². The third kappa shape index (κ3) is 4.89. The Bertz CT molecular complexity index is 866. The van der Waals surface area contributed by atoms with Crippen molar-refractivity contribution < 1.29 is 4.79 Å². The number of thiocarbonyl (C=S) groups is 1. The van der Waals surface area contributed by atoms with Crippen LogP contribution < -0.4 is 16.0 Å². The van der Waals surface area contributed by atoms with Gasteiger partial charge in [0, 0.05) is 22.6 Å². The predicted molar refractivity (Wildman–Crippen MR) is 107 cm³/mol. The normalized spacial score (nSPS) is 9.92. The van der Waals surface area contributed by atoms with Crippen molar-refractivity contribution in [3.8, 4) is 0 Å². The van der Waals surface area contributed by atoms with E-state index >= 15 is 0 Å². The van der Waals surface area contributed by atoms with Crippen molar-refractivity contribution >= 4 is 40.3 Å². The maximum Gasteiger partial charge on any atom is 0.255 e. The highest BCUT2D eigenvalue weighted by Crippen LogP contribution is 2.17. The van der Waals surface area contributed by atoms with Crippen LogP contribution in [0.25, 0.3) is 0 Å². The van der Waals surface area contributed by atoms with E-state index in [1.165, 1.54) is 0 Å². The number of carbonyl (C=O) groups is 1. The van der Waals surface area contributed by atoms with Crippen molar-refractivity contribution in [1.29, 1.82) is 0 Å². The molecule has 0 aliphatic rings. The van der Waals surface area contributed by atoms with Crippen LogP contribution in [0.5, 0.6) is 0 Å². The van der Waals surface area contributed by atoms with Crippen molar-refractivity contribution in [2.45, 2.75) is 0 Å². The number of rotatable bonds is 4. The van der Waals surface area contributed by atoms with Gasteiger partial charge in [-0.3, -0.25) is 4.79 Å². The fraction of sp³-hybridized carbons (Fsp3) is 0. The lowest BCUT2D eigenvalue weighted by Gasteiger charge is -2.12. The highest BCUT2D eigenvalue weighted by atomic mass is 32.1. The van der Waals surface area contributed by atoms with Crippen molar-refractivity contribution in [1.82, 2.24) is 0 Å². The van der Waals surface area contributed by atoms with E-state index in [9.17, 15) is 4.79 Å². The molecule has 5 heteroatoms. The van der Waals surface area contributed by atoms with Gasteiger partial charge in [-0.1, -0.05) is 42.5 Å². The van der Waals surface area contributed by atoms with Gasteiger partial charge in [0.2, 0.25) is 0 Å². The summed E-state index contributed by atoms with van der Waals surface area (Å²) < 4.78 is 0. The van der Waals surface area contributed by atoms with Crippen LogP contribution in [-0.2, 0) is 0 Å². The maximum atomic E-state index is 12.2. The highest BCUT2D eigenvalue weighted by Gasteiger charge is 2.06. The van der Waals surface area contributed by atoms with Gasteiger partial charge in [0.15, 0.2) is 5.11 Å². The summed E-state index contributed by atoms with van der Waals surface area (Å²) in [7, 11) is 0. The van der Waals surface area contributed by atoms with Crippen LogP contribution >= 0.6 is 12.2 Å². The van der Waals surface area contributed by atoms with Gasteiger partial charge < -0.3 is 16.0 Å². The Hall–Kier alpha value is -3.18. The van der Waals surface area contributed by atoms with E-state index in [-0.39, 0.29) is 5.91 Å². The summed E-state index contributed by atoms with van der Waals surface area (Å²) >= 11 is 5.32. The zero-order chi connectivity index (χ0) is 17.5. The number of para-hydroxylation sites is 1. The fourth-order valence-corrected chi connectivity index (χ4v) is 2.52. The lowest BCUT2D eigenvalue weighted by molar-refractivity contribution is 0.102. The second-order valence-corrected chi connectivity index (χ2v) is 5.75. The first-order valence-electron chi connectivity index (χ1n) is 7.80. The molecule has 0 spiro atoms. The maximum absolute atomic E-state index is 12.2. The fourth-order valence-electron chi connectivity index (χ4n) is 2.28. The van der Waals surface area contributed by atoms with Crippen molar-refractivity contribution in [2.24, 2.45) is 0 Å². The molecule has 0 aromatic heterocycles. The Morgan fingerprint density at radius 1 is 0.640 bits per heavy atom. The van der Waals surface area contributed by atoms with E-state index < -0.39 is 0 Å². The molecule has 0 saturated heterocycles. The Labute approximate surface area is 151 Å². The van der Waals surface area contributed by atoms with Crippen molar-refractivity contribution in [3.63, 3.8) is 0 Å². The Balaban J connectivity index is 1.63. The summed E-state index contributed by atoms with van der Waals surface area (Å²) in [5.74, 6) is -0.150. The lowest BCUT2D eigenvalue weighted by Crippen LogP contribution is -2.19. The second kappa shape index (κ2) is 8.08. The molecule has 0 radical (unpaired) electrons. The molecular weight excluding hydrogens is 330 g/mol. The standard InChI is InChI=1S/C20H17N3OS/c24-19(15-8-3-1-4-9-15)21-17-12-7-13-18(14-17)23-20(25)22-16-10-5-2-6-11-16/h1-14H,(H,21,24)(H2,22,23,25). The summed E-state index contributed by atoms with van der Waals surface area (Å²) in [6.45, 7) is 0. The largest absolute Gasteiger partial charge is 0.332 e. The zero-order valence-corrected chi connectivity index (χ0v) is 14.2. The molecule has 3 N–H and O–H groups in total. The first-order chi connectivity index (χ1) is 12.2. The summed E-state index contributed by atoms with van der Waals surface area (Å²) in [6.07, 6.45) is 0. The van der Waals surface area contributed by atoms with Crippen LogP contribution in [-0.4, -0.2) is 11.0 Å². The molecule has 0 bridgehead atoms. The third-order valence-corrected chi connectivity index (χ3v) is 3.65. The van der Waals surface area contributed by atoms with Crippen LogP contribution in [0.3, 0.4) is 0 Å². The van der Waals surface area contributed by atoms with E-state index in [1.807, 2.05) is 72.8 Å². The number of amides is 1. The lowest BCUT2D eigenvalue weighted by atomic mass is 10.2. The number of carbonyl (C=O) groups excluding carboxylic acids is 1. The van der Waals surface area contributed by atoms with Crippen LogP contribution in [0, 0.1) is 0 Å². The van der Waals surface area contributed by atoms with Gasteiger partial charge in [0.05, 0.1) is 0 Å². The molecule has 0 aliphatic heterocycles. The molecule has 0 unspecified atom stereocenters. The molecule has 3 aromatic rings. The van der Waals surface area contributed by atoms with E-state index in [0.29, 0.717) is 16.4 Å². The van der Waals surface area contributed by atoms with Gasteiger partial charge in [-0.25, -0.2) is 0 Å². The molecule has 0 saturated carbocycles. The molecule has 3 aromatic carbocycles. The first kappa shape index (κ1) is 16.7. The molecule has 0 fully saturated rings. The van der Waals surface area contributed by atoms with Crippen molar-refractivity contribution in [2.75, 3.05) is 16.0 Å². The highest BCUT2D eigenvalue weighted by molar-refractivity contribution is 7.80. The monoisotopic (exact) mass is 347 g/mol. The molecule has 124 valence electrons. The van der Waals surface area contributed by atoms with Gasteiger partial charge >= 0.3 is 0 Å². The summed E-state index contributed by atoms with van der Waals surface area (Å²) in [6, 6.07) is 26.2. The molecule has 0 atom stereocenters. The Kier molecular flexibility index (Phi) is 5.39. The van der Waals surface area contributed by atoms with Crippen LogP contribution in [0.4, 0.5) is 17.1 Å². The average Bonchev–Trinajstić information content (AvgIpc) is 2.63.